The van der Waals surface area contributed by atoms with Crippen LogP contribution >= 0.6 is 0 Å². The summed E-state index contributed by atoms with van der Waals surface area (Å²) in [7, 11) is 0. The van der Waals surface area contributed by atoms with E-state index in [2.05, 4.69) is 25.6 Å². The first-order valence-corrected chi connectivity index (χ1v) is 9.66. The number of hydrogen-bond donors (Lipinski definition) is 3. The van der Waals surface area contributed by atoms with Gasteiger partial charge < -0.3 is 20.3 Å². The summed E-state index contributed by atoms with van der Waals surface area (Å²) in [6.45, 7) is 2.53. The Morgan fingerprint density at radius 3 is 2.93 bits per heavy atom. The predicted octanol–water partition coefficient (Wildman–Crippen LogP) is 2.67. The molecule has 146 valence electrons. The Morgan fingerprint density at radius 2 is 2.18 bits per heavy atom. The van der Waals surface area contributed by atoms with Crippen LogP contribution in [0, 0.1) is 0 Å². The molecular weight excluding hydrogens is 356 g/mol. The number of aliphatic hydroxyl groups is 1. The highest BCUT2D eigenvalue weighted by atomic mass is 16.3. The van der Waals surface area contributed by atoms with Gasteiger partial charge >= 0.3 is 0 Å². The first kappa shape index (κ1) is 18.4. The van der Waals surface area contributed by atoms with Crippen LogP contribution in [0.4, 0.5) is 17.5 Å². The van der Waals surface area contributed by atoms with Crippen LogP contribution in [0.2, 0.25) is 0 Å². The third-order valence-electron chi connectivity index (χ3n) is 5.11. The molecule has 1 aliphatic carbocycles. The van der Waals surface area contributed by atoms with Crippen molar-refractivity contribution < 1.29 is 5.11 Å². The summed E-state index contributed by atoms with van der Waals surface area (Å²) in [5.74, 6) is 1.70. The number of rotatable bonds is 5. The van der Waals surface area contributed by atoms with Crippen molar-refractivity contribution in [3.8, 4) is 0 Å². The van der Waals surface area contributed by atoms with Crippen LogP contribution in [-0.2, 0) is 6.54 Å². The van der Waals surface area contributed by atoms with Gasteiger partial charge in [0.1, 0.15) is 17.5 Å². The van der Waals surface area contributed by atoms with Crippen LogP contribution in [0.1, 0.15) is 32.6 Å². The Bertz CT molecular complexity index is 1020. The van der Waals surface area contributed by atoms with Gasteiger partial charge in [-0.25, -0.2) is 9.97 Å². The Labute approximate surface area is 162 Å². The predicted molar refractivity (Wildman–Crippen MR) is 109 cm³/mol. The van der Waals surface area contributed by atoms with Crippen molar-refractivity contribution >= 4 is 28.2 Å². The molecule has 3 aromatic rings. The molecule has 3 aromatic heterocycles. The minimum atomic E-state index is -0.314. The SMILES string of the molecule is CCn1ccc2cc(Nc3cnccn3)nc(NC3CCCC(O)C3)c2c1=O. The molecule has 0 radical (unpaired) electrons. The summed E-state index contributed by atoms with van der Waals surface area (Å²) in [6.07, 6.45) is 9.68. The molecule has 3 N–H and O–H groups in total. The molecular formula is C20H24N6O2. The lowest BCUT2D eigenvalue weighted by atomic mass is 9.93. The quantitative estimate of drug-likeness (QED) is 0.625. The molecule has 8 nitrogen and oxygen atoms in total. The largest absolute Gasteiger partial charge is 0.393 e. The van der Waals surface area contributed by atoms with E-state index in [-0.39, 0.29) is 17.7 Å². The molecule has 1 aliphatic rings. The smallest absolute Gasteiger partial charge is 0.262 e. The molecule has 8 heteroatoms. The van der Waals surface area contributed by atoms with E-state index in [0.717, 1.165) is 24.6 Å². The van der Waals surface area contributed by atoms with Gasteiger partial charge in [-0.1, -0.05) is 0 Å². The third-order valence-corrected chi connectivity index (χ3v) is 5.11. The number of pyridine rings is 2. The van der Waals surface area contributed by atoms with Crippen molar-refractivity contribution in [3.05, 3.63) is 47.3 Å². The number of aryl methyl sites for hydroxylation is 1. The number of fused-ring (bicyclic) bond motifs is 1. The van der Waals surface area contributed by atoms with Gasteiger partial charge in [-0.3, -0.25) is 9.78 Å². The van der Waals surface area contributed by atoms with Gasteiger partial charge in [0, 0.05) is 31.2 Å². The maximum absolute atomic E-state index is 12.9. The van der Waals surface area contributed by atoms with Crippen LogP contribution in [0.15, 0.2) is 41.7 Å². The summed E-state index contributed by atoms with van der Waals surface area (Å²) in [4.78, 5) is 25.9. The number of nitrogens with zero attached hydrogens (tertiary/aromatic N) is 4. The normalized spacial score (nSPS) is 19.5. The molecule has 3 heterocycles. The molecule has 4 rings (SSSR count). The molecule has 0 aromatic carbocycles. The molecule has 0 aliphatic heterocycles. The van der Waals surface area contributed by atoms with Crippen molar-refractivity contribution in [2.24, 2.45) is 0 Å². The summed E-state index contributed by atoms with van der Waals surface area (Å²) < 4.78 is 1.67. The monoisotopic (exact) mass is 380 g/mol. The average molecular weight is 380 g/mol. The standard InChI is InChI=1S/C20H24N6O2/c1-2-26-9-6-13-10-16(24-17-12-21-7-8-22-17)25-19(18(13)20(26)28)23-14-4-3-5-15(27)11-14/h6-10,12,14-15,27H,2-5,11H2,1H3,(H2,22,23,24,25). The zero-order valence-corrected chi connectivity index (χ0v) is 15.8. The fraction of sp³-hybridized carbons (Fsp3) is 0.400. The molecule has 2 unspecified atom stereocenters. The number of hydrogen-bond acceptors (Lipinski definition) is 7. The highest BCUT2D eigenvalue weighted by Gasteiger charge is 2.22. The lowest BCUT2D eigenvalue weighted by molar-refractivity contribution is 0.124. The highest BCUT2D eigenvalue weighted by molar-refractivity contribution is 5.93. The van der Waals surface area contributed by atoms with Gasteiger partial charge in [-0.2, -0.15) is 0 Å². The Balaban J connectivity index is 1.77. The second kappa shape index (κ2) is 7.93. The molecule has 0 saturated heterocycles. The van der Waals surface area contributed by atoms with E-state index < -0.39 is 0 Å². The van der Waals surface area contributed by atoms with Crippen LogP contribution in [0.3, 0.4) is 0 Å². The Morgan fingerprint density at radius 1 is 1.29 bits per heavy atom. The van der Waals surface area contributed by atoms with Gasteiger partial charge in [0.15, 0.2) is 0 Å². The van der Waals surface area contributed by atoms with Gasteiger partial charge in [-0.05, 0) is 50.1 Å². The van der Waals surface area contributed by atoms with Gasteiger partial charge in [0.2, 0.25) is 0 Å². The van der Waals surface area contributed by atoms with Crippen LogP contribution in [0.25, 0.3) is 10.8 Å². The first-order chi connectivity index (χ1) is 13.6. The van der Waals surface area contributed by atoms with Crippen molar-refractivity contribution in [1.29, 1.82) is 0 Å². The minimum absolute atomic E-state index is 0.0718. The molecule has 1 fully saturated rings. The molecule has 1 saturated carbocycles. The summed E-state index contributed by atoms with van der Waals surface area (Å²) in [6, 6.07) is 3.85. The van der Waals surface area contributed by atoms with Gasteiger partial charge in [-0.15, -0.1) is 0 Å². The zero-order valence-electron chi connectivity index (χ0n) is 15.8. The summed E-state index contributed by atoms with van der Waals surface area (Å²) in [5.41, 5.74) is -0.0718. The molecule has 28 heavy (non-hydrogen) atoms. The number of aromatic nitrogens is 4. The lowest BCUT2D eigenvalue weighted by Gasteiger charge is -2.27. The fourth-order valence-corrected chi connectivity index (χ4v) is 3.70. The zero-order chi connectivity index (χ0) is 19.5. The van der Waals surface area contributed by atoms with E-state index in [4.69, 9.17) is 0 Å². The molecule has 0 spiro atoms. The van der Waals surface area contributed by atoms with Crippen molar-refractivity contribution in [2.45, 2.75) is 51.3 Å². The highest BCUT2D eigenvalue weighted by Crippen LogP contribution is 2.27. The minimum Gasteiger partial charge on any atom is -0.393 e. The third kappa shape index (κ3) is 3.82. The van der Waals surface area contributed by atoms with Crippen LogP contribution in [0.5, 0.6) is 0 Å². The van der Waals surface area contributed by atoms with E-state index in [9.17, 15) is 9.90 Å². The van der Waals surface area contributed by atoms with E-state index in [0.29, 0.717) is 35.8 Å². The van der Waals surface area contributed by atoms with E-state index in [1.807, 2.05) is 19.1 Å². The lowest BCUT2D eigenvalue weighted by Crippen LogP contribution is -2.31. The Hall–Kier alpha value is -3.00. The van der Waals surface area contributed by atoms with E-state index in [1.54, 1.807) is 29.4 Å². The van der Waals surface area contributed by atoms with Gasteiger partial charge in [0.05, 0.1) is 17.7 Å². The maximum Gasteiger partial charge on any atom is 0.262 e. The second-order valence-electron chi connectivity index (χ2n) is 7.10. The average Bonchev–Trinajstić information content (AvgIpc) is 2.69. The van der Waals surface area contributed by atoms with Crippen LogP contribution < -0.4 is 16.2 Å². The van der Waals surface area contributed by atoms with Crippen molar-refractivity contribution in [2.75, 3.05) is 10.6 Å². The van der Waals surface area contributed by atoms with E-state index in [1.165, 1.54) is 0 Å². The Kier molecular flexibility index (Phi) is 5.21. The topological polar surface area (TPSA) is 105 Å². The second-order valence-corrected chi connectivity index (χ2v) is 7.10. The molecule has 0 bridgehead atoms. The van der Waals surface area contributed by atoms with Crippen molar-refractivity contribution in [3.63, 3.8) is 0 Å². The first-order valence-electron chi connectivity index (χ1n) is 9.66. The van der Waals surface area contributed by atoms with Crippen LogP contribution in [-0.4, -0.2) is 36.8 Å². The van der Waals surface area contributed by atoms with Crippen molar-refractivity contribution in [1.82, 2.24) is 19.5 Å². The summed E-state index contributed by atoms with van der Waals surface area (Å²) >= 11 is 0. The number of aliphatic hydroxyl groups excluding tert-OH is 1. The summed E-state index contributed by atoms with van der Waals surface area (Å²) in [5, 5.41) is 17.9. The number of nitrogens with one attached hydrogen (secondary N) is 2. The van der Waals surface area contributed by atoms with Gasteiger partial charge in [0.25, 0.3) is 5.56 Å². The van der Waals surface area contributed by atoms with E-state index >= 15 is 0 Å². The fourth-order valence-electron chi connectivity index (χ4n) is 3.70. The molecule has 2 atom stereocenters. The molecule has 0 amide bonds. The maximum atomic E-state index is 12.9. The number of anilines is 3.